The molecular formula is C20H24N2O3S. The van der Waals surface area contributed by atoms with Crippen molar-refractivity contribution >= 4 is 27.3 Å². The van der Waals surface area contributed by atoms with Gasteiger partial charge < -0.3 is 4.90 Å². The van der Waals surface area contributed by atoms with Gasteiger partial charge in [-0.2, -0.15) is 0 Å². The van der Waals surface area contributed by atoms with Gasteiger partial charge in [-0.05, 0) is 49.1 Å². The number of carbonyl (C=O) groups excluding carboxylic acids is 1. The van der Waals surface area contributed by atoms with Gasteiger partial charge in [0.05, 0.1) is 5.75 Å². The van der Waals surface area contributed by atoms with Crippen LogP contribution in [0.3, 0.4) is 0 Å². The van der Waals surface area contributed by atoms with Crippen LogP contribution >= 0.6 is 0 Å². The van der Waals surface area contributed by atoms with Gasteiger partial charge in [-0.15, -0.1) is 0 Å². The SMILES string of the molecule is CCCN1C(=O)CCc2cc(NS(=O)(=O)Cc3ccc(C)cc3)ccc21. The second-order valence-electron chi connectivity index (χ2n) is 6.74. The summed E-state index contributed by atoms with van der Waals surface area (Å²) in [6, 6.07) is 12.9. The molecule has 0 atom stereocenters. The summed E-state index contributed by atoms with van der Waals surface area (Å²) < 4.78 is 27.6. The number of anilines is 2. The zero-order valence-corrected chi connectivity index (χ0v) is 16.0. The topological polar surface area (TPSA) is 66.5 Å². The number of sulfonamides is 1. The lowest BCUT2D eigenvalue weighted by atomic mass is 10.0. The van der Waals surface area contributed by atoms with Crippen molar-refractivity contribution in [3.05, 3.63) is 59.2 Å². The van der Waals surface area contributed by atoms with E-state index in [-0.39, 0.29) is 11.7 Å². The van der Waals surface area contributed by atoms with Gasteiger partial charge in [-0.1, -0.05) is 36.8 Å². The predicted molar refractivity (Wildman–Crippen MR) is 105 cm³/mol. The molecule has 1 heterocycles. The second-order valence-corrected chi connectivity index (χ2v) is 8.46. The standard InChI is InChI=1S/C20H24N2O3S/c1-3-12-22-19-10-9-18(13-17(19)8-11-20(22)23)21-26(24,25)14-16-6-4-15(2)5-7-16/h4-7,9-10,13,21H,3,8,11-12,14H2,1-2H3. The third kappa shape index (κ3) is 4.25. The van der Waals surface area contributed by atoms with Gasteiger partial charge in [-0.25, -0.2) is 8.42 Å². The van der Waals surface area contributed by atoms with E-state index >= 15 is 0 Å². The Morgan fingerprint density at radius 3 is 2.50 bits per heavy atom. The third-order valence-electron chi connectivity index (χ3n) is 4.48. The fourth-order valence-electron chi connectivity index (χ4n) is 3.21. The molecule has 3 rings (SSSR count). The number of aryl methyl sites for hydroxylation is 2. The van der Waals surface area contributed by atoms with Crippen LogP contribution in [-0.2, 0) is 27.0 Å². The fourth-order valence-corrected chi connectivity index (χ4v) is 4.40. The lowest BCUT2D eigenvalue weighted by molar-refractivity contribution is -0.118. The van der Waals surface area contributed by atoms with Gasteiger partial charge in [-0.3, -0.25) is 9.52 Å². The minimum atomic E-state index is -3.49. The molecule has 26 heavy (non-hydrogen) atoms. The van der Waals surface area contributed by atoms with E-state index in [4.69, 9.17) is 0 Å². The molecule has 0 unspecified atom stereocenters. The molecule has 5 nitrogen and oxygen atoms in total. The average molecular weight is 372 g/mol. The molecule has 0 spiro atoms. The number of nitrogens with zero attached hydrogens (tertiary/aromatic N) is 1. The molecule has 0 aromatic heterocycles. The quantitative estimate of drug-likeness (QED) is 0.842. The van der Waals surface area contributed by atoms with E-state index in [1.807, 2.05) is 50.2 Å². The Labute approximate surface area is 155 Å². The number of amides is 1. The van der Waals surface area contributed by atoms with Gasteiger partial charge in [0.15, 0.2) is 0 Å². The third-order valence-corrected chi connectivity index (χ3v) is 5.74. The molecule has 138 valence electrons. The highest BCUT2D eigenvalue weighted by Gasteiger charge is 2.24. The van der Waals surface area contributed by atoms with Gasteiger partial charge >= 0.3 is 0 Å². The van der Waals surface area contributed by atoms with Crippen LogP contribution in [0.4, 0.5) is 11.4 Å². The molecule has 1 amide bonds. The van der Waals surface area contributed by atoms with E-state index in [2.05, 4.69) is 4.72 Å². The normalized spacial score (nSPS) is 14.2. The summed E-state index contributed by atoms with van der Waals surface area (Å²) in [6.07, 6.45) is 1.99. The number of hydrogen-bond donors (Lipinski definition) is 1. The molecule has 0 bridgehead atoms. The van der Waals surface area contributed by atoms with Crippen molar-refractivity contribution in [1.82, 2.24) is 0 Å². The van der Waals surface area contributed by atoms with Crippen molar-refractivity contribution in [3.8, 4) is 0 Å². The first kappa shape index (κ1) is 18.5. The highest BCUT2D eigenvalue weighted by Crippen LogP contribution is 2.31. The Morgan fingerprint density at radius 2 is 1.81 bits per heavy atom. The van der Waals surface area contributed by atoms with E-state index in [0.29, 0.717) is 25.1 Å². The van der Waals surface area contributed by atoms with Crippen molar-refractivity contribution in [2.75, 3.05) is 16.2 Å². The summed E-state index contributed by atoms with van der Waals surface area (Å²) in [5.41, 5.74) is 4.29. The molecule has 2 aromatic rings. The molecule has 0 aliphatic carbocycles. The lowest BCUT2D eigenvalue weighted by Crippen LogP contribution is -2.35. The van der Waals surface area contributed by atoms with E-state index in [0.717, 1.165) is 28.8 Å². The monoisotopic (exact) mass is 372 g/mol. The van der Waals surface area contributed by atoms with Crippen LogP contribution in [0.2, 0.25) is 0 Å². The number of hydrogen-bond acceptors (Lipinski definition) is 3. The van der Waals surface area contributed by atoms with E-state index < -0.39 is 10.0 Å². The summed E-state index contributed by atoms with van der Waals surface area (Å²) in [4.78, 5) is 13.9. The number of benzene rings is 2. The van der Waals surface area contributed by atoms with Gasteiger partial charge in [0, 0.05) is 24.3 Å². The van der Waals surface area contributed by atoms with Crippen LogP contribution in [0.5, 0.6) is 0 Å². The minimum Gasteiger partial charge on any atom is -0.312 e. The lowest BCUT2D eigenvalue weighted by Gasteiger charge is -2.29. The van der Waals surface area contributed by atoms with Crippen LogP contribution in [0.15, 0.2) is 42.5 Å². The molecule has 1 aliphatic heterocycles. The zero-order valence-electron chi connectivity index (χ0n) is 15.2. The van der Waals surface area contributed by atoms with Crippen molar-refractivity contribution in [1.29, 1.82) is 0 Å². The van der Waals surface area contributed by atoms with Gasteiger partial charge in [0.1, 0.15) is 0 Å². The predicted octanol–water partition coefficient (Wildman–Crippen LogP) is 3.63. The maximum atomic E-state index is 12.5. The molecule has 0 saturated carbocycles. The number of fused-ring (bicyclic) bond motifs is 1. The molecule has 1 aliphatic rings. The minimum absolute atomic E-state index is 0.0647. The second kappa shape index (κ2) is 7.50. The Kier molecular flexibility index (Phi) is 5.32. The molecule has 6 heteroatoms. The number of rotatable bonds is 6. The summed E-state index contributed by atoms with van der Waals surface area (Å²) in [6.45, 7) is 4.69. The van der Waals surface area contributed by atoms with Crippen molar-refractivity contribution < 1.29 is 13.2 Å². The first-order chi connectivity index (χ1) is 12.4. The van der Waals surface area contributed by atoms with Crippen LogP contribution in [0, 0.1) is 6.92 Å². The first-order valence-electron chi connectivity index (χ1n) is 8.87. The Morgan fingerprint density at radius 1 is 1.08 bits per heavy atom. The van der Waals surface area contributed by atoms with E-state index in [1.54, 1.807) is 11.0 Å². The molecule has 1 N–H and O–H groups in total. The van der Waals surface area contributed by atoms with Crippen molar-refractivity contribution in [3.63, 3.8) is 0 Å². The highest BCUT2D eigenvalue weighted by atomic mass is 32.2. The largest absolute Gasteiger partial charge is 0.312 e. The molecular weight excluding hydrogens is 348 g/mol. The zero-order chi connectivity index (χ0) is 18.7. The summed E-state index contributed by atoms with van der Waals surface area (Å²) in [5, 5.41) is 0. The average Bonchev–Trinajstić information content (AvgIpc) is 2.59. The van der Waals surface area contributed by atoms with Gasteiger partial charge in [0.25, 0.3) is 0 Å². The molecule has 0 radical (unpaired) electrons. The Bertz CT molecular complexity index is 905. The molecule has 0 saturated heterocycles. The first-order valence-corrected chi connectivity index (χ1v) is 10.5. The Balaban J connectivity index is 1.78. The van der Waals surface area contributed by atoms with Crippen LogP contribution < -0.4 is 9.62 Å². The molecule has 2 aromatic carbocycles. The summed E-state index contributed by atoms with van der Waals surface area (Å²) >= 11 is 0. The fraction of sp³-hybridized carbons (Fsp3) is 0.350. The van der Waals surface area contributed by atoms with E-state index in [9.17, 15) is 13.2 Å². The van der Waals surface area contributed by atoms with Crippen LogP contribution in [-0.4, -0.2) is 20.9 Å². The summed E-state index contributed by atoms with van der Waals surface area (Å²) in [7, 11) is -3.49. The van der Waals surface area contributed by atoms with Crippen LogP contribution in [0.1, 0.15) is 36.5 Å². The molecule has 0 fully saturated rings. The van der Waals surface area contributed by atoms with E-state index in [1.165, 1.54) is 0 Å². The smallest absolute Gasteiger partial charge is 0.236 e. The Hall–Kier alpha value is -2.34. The number of nitrogens with one attached hydrogen (secondary N) is 1. The maximum absolute atomic E-state index is 12.5. The van der Waals surface area contributed by atoms with Crippen molar-refractivity contribution in [2.24, 2.45) is 0 Å². The number of carbonyl (C=O) groups is 1. The van der Waals surface area contributed by atoms with Gasteiger partial charge in [0.2, 0.25) is 15.9 Å². The van der Waals surface area contributed by atoms with Crippen LogP contribution in [0.25, 0.3) is 0 Å². The maximum Gasteiger partial charge on any atom is 0.236 e. The highest BCUT2D eigenvalue weighted by molar-refractivity contribution is 7.91. The summed E-state index contributed by atoms with van der Waals surface area (Å²) in [5.74, 6) is 0.0669. The van der Waals surface area contributed by atoms with Crippen molar-refractivity contribution in [2.45, 2.75) is 38.9 Å².